The van der Waals surface area contributed by atoms with Gasteiger partial charge in [0.05, 0.1) is 5.69 Å². The fraction of sp³-hybridized carbons (Fsp3) is 0.714. The second-order valence-electron chi connectivity index (χ2n) is 5.44. The van der Waals surface area contributed by atoms with Gasteiger partial charge in [-0.1, -0.05) is 26.7 Å². The Morgan fingerprint density at radius 3 is 2.61 bits per heavy atom. The summed E-state index contributed by atoms with van der Waals surface area (Å²) >= 11 is 0. The van der Waals surface area contributed by atoms with Gasteiger partial charge in [-0.15, -0.1) is 0 Å². The minimum absolute atomic E-state index is 0.0652. The maximum absolute atomic E-state index is 11.8. The molecule has 1 atom stereocenters. The molecule has 1 saturated carbocycles. The minimum atomic E-state index is -0.140. The Morgan fingerprint density at radius 2 is 2.06 bits per heavy atom. The molecular formula is C14H22N2O2. The highest BCUT2D eigenvalue weighted by Gasteiger charge is 2.23. The van der Waals surface area contributed by atoms with Gasteiger partial charge >= 0.3 is 0 Å². The van der Waals surface area contributed by atoms with Crippen LogP contribution in [0.15, 0.2) is 10.9 Å². The summed E-state index contributed by atoms with van der Waals surface area (Å²) in [5, 5.41) is 0. The highest BCUT2D eigenvalue weighted by molar-refractivity contribution is 5.11. The van der Waals surface area contributed by atoms with Crippen molar-refractivity contribution in [3.63, 3.8) is 0 Å². The van der Waals surface area contributed by atoms with Crippen molar-refractivity contribution >= 4 is 0 Å². The van der Waals surface area contributed by atoms with E-state index in [2.05, 4.69) is 23.8 Å². The third kappa shape index (κ3) is 2.80. The van der Waals surface area contributed by atoms with Crippen molar-refractivity contribution in [1.29, 1.82) is 0 Å². The first-order chi connectivity index (χ1) is 8.61. The standard InChI is InChI=1S/C14H22N2O2/c1-9(2)13(18-3)14-15-11(8-12(17)16-14)10-6-4-5-7-10/h8-10,13H,4-7H2,1-3H3,(H,15,16,17). The van der Waals surface area contributed by atoms with Crippen molar-refractivity contribution < 1.29 is 4.74 Å². The SMILES string of the molecule is COC(c1nc(C2CCCC2)cc(=O)[nH]1)C(C)C. The first kappa shape index (κ1) is 13.3. The maximum Gasteiger partial charge on any atom is 0.251 e. The Kier molecular flexibility index (Phi) is 4.17. The summed E-state index contributed by atoms with van der Waals surface area (Å²) in [5.74, 6) is 1.41. The van der Waals surface area contributed by atoms with Crippen LogP contribution in [0.3, 0.4) is 0 Å². The normalized spacial score (nSPS) is 18.4. The second kappa shape index (κ2) is 5.65. The fourth-order valence-electron chi connectivity index (χ4n) is 2.76. The number of H-pyrrole nitrogens is 1. The molecule has 1 fully saturated rings. The lowest BCUT2D eigenvalue weighted by atomic mass is 10.0. The van der Waals surface area contributed by atoms with Gasteiger partial charge in [0.2, 0.25) is 0 Å². The predicted octanol–water partition coefficient (Wildman–Crippen LogP) is 2.77. The Bertz CT molecular complexity index is 447. The van der Waals surface area contributed by atoms with Gasteiger partial charge in [0, 0.05) is 19.1 Å². The molecule has 0 saturated heterocycles. The van der Waals surface area contributed by atoms with Crippen LogP contribution in [0.25, 0.3) is 0 Å². The highest BCUT2D eigenvalue weighted by atomic mass is 16.5. The van der Waals surface area contributed by atoms with E-state index in [1.807, 2.05) is 0 Å². The van der Waals surface area contributed by atoms with E-state index in [9.17, 15) is 4.79 Å². The monoisotopic (exact) mass is 250 g/mol. The Hall–Kier alpha value is -1.16. The number of rotatable bonds is 4. The molecule has 1 aromatic rings. The third-order valence-electron chi connectivity index (χ3n) is 3.68. The van der Waals surface area contributed by atoms with Crippen LogP contribution < -0.4 is 5.56 Å². The van der Waals surface area contributed by atoms with E-state index in [4.69, 9.17) is 4.74 Å². The molecule has 4 heteroatoms. The number of nitrogens with zero attached hydrogens (tertiary/aromatic N) is 1. The molecule has 1 heterocycles. The molecule has 0 amide bonds. The summed E-state index contributed by atoms with van der Waals surface area (Å²) in [5.41, 5.74) is 0.874. The average molecular weight is 250 g/mol. The molecule has 1 N–H and O–H groups in total. The molecule has 1 unspecified atom stereocenters. The number of hydrogen-bond acceptors (Lipinski definition) is 3. The first-order valence-electron chi connectivity index (χ1n) is 6.75. The smallest absolute Gasteiger partial charge is 0.251 e. The van der Waals surface area contributed by atoms with Crippen LogP contribution in [-0.4, -0.2) is 17.1 Å². The number of aromatic amines is 1. The van der Waals surface area contributed by atoms with Crippen LogP contribution in [0.5, 0.6) is 0 Å². The number of methoxy groups -OCH3 is 1. The van der Waals surface area contributed by atoms with E-state index in [0.29, 0.717) is 11.7 Å². The first-order valence-corrected chi connectivity index (χ1v) is 6.75. The number of nitrogens with one attached hydrogen (secondary N) is 1. The van der Waals surface area contributed by atoms with Gasteiger partial charge < -0.3 is 9.72 Å². The molecule has 1 aliphatic carbocycles. The van der Waals surface area contributed by atoms with Crippen LogP contribution >= 0.6 is 0 Å². The average Bonchev–Trinajstić information content (AvgIpc) is 2.82. The van der Waals surface area contributed by atoms with Crippen molar-refractivity contribution in [1.82, 2.24) is 9.97 Å². The molecule has 18 heavy (non-hydrogen) atoms. The quantitative estimate of drug-likeness (QED) is 0.894. The van der Waals surface area contributed by atoms with Gasteiger partial charge in [-0.05, 0) is 18.8 Å². The molecule has 0 aromatic carbocycles. The summed E-state index contributed by atoms with van der Waals surface area (Å²) in [7, 11) is 1.66. The van der Waals surface area contributed by atoms with Crippen molar-refractivity contribution in [2.45, 2.75) is 51.6 Å². The summed E-state index contributed by atoms with van der Waals surface area (Å²) < 4.78 is 5.44. The molecule has 0 spiro atoms. The van der Waals surface area contributed by atoms with Crippen molar-refractivity contribution in [2.75, 3.05) is 7.11 Å². The van der Waals surface area contributed by atoms with Gasteiger partial charge in [-0.2, -0.15) is 0 Å². The number of aromatic nitrogens is 2. The zero-order chi connectivity index (χ0) is 13.1. The minimum Gasteiger partial charge on any atom is -0.373 e. The molecule has 4 nitrogen and oxygen atoms in total. The highest BCUT2D eigenvalue weighted by Crippen LogP contribution is 2.33. The largest absolute Gasteiger partial charge is 0.373 e. The van der Waals surface area contributed by atoms with Crippen LogP contribution in [0.4, 0.5) is 0 Å². The lowest BCUT2D eigenvalue weighted by molar-refractivity contribution is 0.0570. The lowest BCUT2D eigenvalue weighted by Gasteiger charge is -2.19. The van der Waals surface area contributed by atoms with Gasteiger partial charge in [-0.3, -0.25) is 4.79 Å². The van der Waals surface area contributed by atoms with Crippen LogP contribution in [-0.2, 0) is 4.74 Å². The summed E-state index contributed by atoms with van der Waals surface area (Å²) in [4.78, 5) is 19.2. The third-order valence-corrected chi connectivity index (χ3v) is 3.68. The van der Waals surface area contributed by atoms with E-state index in [1.165, 1.54) is 12.8 Å². The fourth-order valence-corrected chi connectivity index (χ4v) is 2.76. The topological polar surface area (TPSA) is 55.0 Å². The predicted molar refractivity (Wildman–Crippen MR) is 70.7 cm³/mol. The van der Waals surface area contributed by atoms with Crippen LogP contribution in [0.1, 0.15) is 63.1 Å². The van der Waals surface area contributed by atoms with Crippen LogP contribution in [0, 0.1) is 5.92 Å². The van der Waals surface area contributed by atoms with Gasteiger partial charge in [-0.25, -0.2) is 4.98 Å². The van der Waals surface area contributed by atoms with Crippen molar-refractivity contribution in [2.24, 2.45) is 5.92 Å². The van der Waals surface area contributed by atoms with E-state index >= 15 is 0 Å². The zero-order valence-corrected chi connectivity index (χ0v) is 11.4. The molecule has 1 aliphatic rings. The Labute approximate surface area is 108 Å². The maximum atomic E-state index is 11.8. The number of ether oxygens (including phenoxy) is 1. The molecule has 0 bridgehead atoms. The van der Waals surface area contributed by atoms with E-state index in [1.54, 1.807) is 13.2 Å². The Balaban J connectivity index is 2.33. The molecule has 100 valence electrons. The number of hydrogen-bond donors (Lipinski definition) is 1. The second-order valence-corrected chi connectivity index (χ2v) is 5.44. The Morgan fingerprint density at radius 1 is 1.39 bits per heavy atom. The summed E-state index contributed by atoms with van der Waals surface area (Å²) in [6, 6.07) is 1.65. The van der Waals surface area contributed by atoms with E-state index in [-0.39, 0.29) is 17.6 Å². The van der Waals surface area contributed by atoms with Gasteiger partial charge in [0.1, 0.15) is 11.9 Å². The molecular weight excluding hydrogens is 228 g/mol. The van der Waals surface area contributed by atoms with Crippen molar-refractivity contribution in [3.8, 4) is 0 Å². The molecule has 2 rings (SSSR count). The van der Waals surface area contributed by atoms with Crippen LogP contribution in [0.2, 0.25) is 0 Å². The zero-order valence-electron chi connectivity index (χ0n) is 11.4. The summed E-state index contributed by atoms with van der Waals surface area (Å²) in [6.07, 6.45) is 4.64. The lowest BCUT2D eigenvalue weighted by Crippen LogP contribution is -2.20. The van der Waals surface area contributed by atoms with E-state index in [0.717, 1.165) is 18.5 Å². The molecule has 0 radical (unpaired) electrons. The molecule has 0 aliphatic heterocycles. The summed E-state index contributed by atoms with van der Waals surface area (Å²) in [6.45, 7) is 4.13. The van der Waals surface area contributed by atoms with Gasteiger partial charge in [0.25, 0.3) is 5.56 Å². The molecule has 1 aromatic heterocycles. The van der Waals surface area contributed by atoms with Gasteiger partial charge in [0.15, 0.2) is 0 Å². The van der Waals surface area contributed by atoms with E-state index < -0.39 is 0 Å². The van der Waals surface area contributed by atoms with Crippen molar-refractivity contribution in [3.05, 3.63) is 27.9 Å².